The Morgan fingerprint density at radius 2 is 1.78 bits per heavy atom. The minimum atomic E-state index is -4.44. The Bertz CT molecular complexity index is 667. The van der Waals surface area contributed by atoms with Gasteiger partial charge in [0.05, 0.1) is 11.7 Å². The fraction of sp³-hybridized carbons (Fsp3) is 0.294. The first-order valence-corrected chi connectivity index (χ1v) is 7.24. The summed E-state index contributed by atoms with van der Waals surface area (Å²) < 4.78 is 44.7. The summed E-state index contributed by atoms with van der Waals surface area (Å²) in [6.45, 7) is 0.864. The van der Waals surface area contributed by atoms with E-state index in [0.717, 1.165) is 17.7 Å². The molecule has 0 amide bonds. The third kappa shape index (κ3) is 3.76. The summed E-state index contributed by atoms with van der Waals surface area (Å²) in [4.78, 5) is 1.69. The van der Waals surface area contributed by atoms with Crippen molar-refractivity contribution < 1.29 is 23.0 Å². The molecule has 0 radical (unpaired) electrons. The lowest BCUT2D eigenvalue weighted by atomic mass is 10.1. The van der Waals surface area contributed by atoms with Gasteiger partial charge in [0.25, 0.3) is 0 Å². The van der Waals surface area contributed by atoms with E-state index in [0.29, 0.717) is 18.8 Å². The van der Waals surface area contributed by atoms with Crippen molar-refractivity contribution in [1.82, 2.24) is 0 Å². The SMILES string of the molecule is OC1CN(c2cc(OCc3ccccc3)cc(C(F)(F)F)c2)C1. The first-order valence-electron chi connectivity index (χ1n) is 7.24. The summed E-state index contributed by atoms with van der Waals surface area (Å²) >= 11 is 0. The number of halogens is 3. The van der Waals surface area contributed by atoms with Gasteiger partial charge in [-0.1, -0.05) is 30.3 Å². The van der Waals surface area contributed by atoms with Crippen LogP contribution in [0.1, 0.15) is 11.1 Å². The number of β-amino-alcohol motifs (C(OH)–C–C–N with tert-alkyl or cyclic N) is 1. The summed E-state index contributed by atoms with van der Waals surface area (Å²) in [5.41, 5.74) is 0.540. The second-order valence-corrected chi connectivity index (χ2v) is 5.55. The lowest BCUT2D eigenvalue weighted by molar-refractivity contribution is -0.137. The van der Waals surface area contributed by atoms with E-state index in [9.17, 15) is 18.3 Å². The fourth-order valence-electron chi connectivity index (χ4n) is 2.42. The van der Waals surface area contributed by atoms with Crippen molar-refractivity contribution in [2.75, 3.05) is 18.0 Å². The van der Waals surface area contributed by atoms with Crippen molar-refractivity contribution in [3.05, 3.63) is 59.7 Å². The fourth-order valence-corrected chi connectivity index (χ4v) is 2.42. The van der Waals surface area contributed by atoms with Crippen LogP contribution in [0, 0.1) is 0 Å². The minimum Gasteiger partial charge on any atom is -0.489 e. The highest BCUT2D eigenvalue weighted by atomic mass is 19.4. The van der Waals surface area contributed by atoms with Gasteiger partial charge >= 0.3 is 6.18 Å². The third-order valence-corrected chi connectivity index (χ3v) is 3.69. The van der Waals surface area contributed by atoms with Gasteiger partial charge in [0.2, 0.25) is 0 Å². The standard InChI is InChI=1S/C17H16F3NO2/c18-17(19,20)13-6-14(21-9-15(22)10-21)8-16(7-13)23-11-12-4-2-1-3-5-12/h1-8,15,22H,9-11H2. The second kappa shape index (κ2) is 6.12. The Morgan fingerprint density at radius 3 is 2.39 bits per heavy atom. The monoisotopic (exact) mass is 323 g/mol. The minimum absolute atomic E-state index is 0.167. The zero-order valence-electron chi connectivity index (χ0n) is 12.3. The average molecular weight is 323 g/mol. The number of rotatable bonds is 4. The molecule has 3 rings (SSSR count). The Morgan fingerprint density at radius 1 is 1.09 bits per heavy atom. The average Bonchev–Trinajstić information content (AvgIpc) is 2.50. The topological polar surface area (TPSA) is 32.7 Å². The second-order valence-electron chi connectivity index (χ2n) is 5.55. The number of hydrogen-bond acceptors (Lipinski definition) is 3. The molecule has 6 heteroatoms. The molecule has 0 aromatic heterocycles. The molecule has 0 saturated carbocycles. The van der Waals surface area contributed by atoms with Crippen molar-refractivity contribution in [2.24, 2.45) is 0 Å². The van der Waals surface area contributed by atoms with Crippen LogP contribution in [0.15, 0.2) is 48.5 Å². The number of ether oxygens (including phenoxy) is 1. The van der Waals surface area contributed by atoms with Crippen molar-refractivity contribution in [3.8, 4) is 5.75 Å². The molecule has 1 fully saturated rings. The van der Waals surface area contributed by atoms with E-state index in [1.807, 2.05) is 30.3 Å². The summed E-state index contributed by atoms with van der Waals surface area (Å²) in [6, 6.07) is 12.9. The molecule has 122 valence electrons. The van der Waals surface area contributed by atoms with Crippen LogP contribution in [0.4, 0.5) is 18.9 Å². The van der Waals surface area contributed by atoms with E-state index in [1.54, 1.807) is 11.0 Å². The molecule has 0 spiro atoms. The maximum absolute atomic E-state index is 13.0. The highest BCUT2D eigenvalue weighted by molar-refractivity contribution is 5.56. The molecule has 2 aromatic rings. The van der Waals surface area contributed by atoms with Gasteiger partial charge < -0.3 is 14.7 Å². The van der Waals surface area contributed by atoms with Gasteiger partial charge in [-0.15, -0.1) is 0 Å². The first-order chi connectivity index (χ1) is 10.9. The van der Waals surface area contributed by atoms with Crippen LogP contribution >= 0.6 is 0 Å². The van der Waals surface area contributed by atoms with E-state index < -0.39 is 17.8 Å². The van der Waals surface area contributed by atoms with Gasteiger partial charge in [0, 0.05) is 24.8 Å². The Kier molecular flexibility index (Phi) is 4.17. The van der Waals surface area contributed by atoms with Crippen molar-refractivity contribution in [3.63, 3.8) is 0 Å². The van der Waals surface area contributed by atoms with Gasteiger partial charge in [-0.25, -0.2) is 0 Å². The molecule has 1 saturated heterocycles. The van der Waals surface area contributed by atoms with Gasteiger partial charge in [-0.05, 0) is 17.7 Å². The molecule has 0 unspecified atom stereocenters. The van der Waals surface area contributed by atoms with Crippen LogP contribution in [0.2, 0.25) is 0 Å². The van der Waals surface area contributed by atoms with Crippen LogP contribution in [-0.2, 0) is 12.8 Å². The molecule has 0 atom stereocenters. The number of nitrogens with zero attached hydrogens (tertiary/aromatic N) is 1. The van der Waals surface area contributed by atoms with E-state index in [2.05, 4.69) is 0 Å². The van der Waals surface area contributed by atoms with E-state index in [1.165, 1.54) is 0 Å². The number of benzene rings is 2. The van der Waals surface area contributed by atoms with Gasteiger partial charge in [-0.2, -0.15) is 13.2 Å². The van der Waals surface area contributed by atoms with Crippen molar-refractivity contribution in [2.45, 2.75) is 18.9 Å². The third-order valence-electron chi connectivity index (χ3n) is 3.69. The number of alkyl halides is 3. The number of anilines is 1. The van der Waals surface area contributed by atoms with Crippen LogP contribution in [0.25, 0.3) is 0 Å². The van der Waals surface area contributed by atoms with Gasteiger partial charge in [0.15, 0.2) is 0 Å². The lowest BCUT2D eigenvalue weighted by Gasteiger charge is -2.38. The Hall–Kier alpha value is -2.21. The van der Waals surface area contributed by atoms with E-state index >= 15 is 0 Å². The highest BCUT2D eigenvalue weighted by Crippen LogP contribution is 2.36. The van der Waals surface area contributed by atoms with Gasteiger partial charge in [0.1, 0.15) is 12.4 Å². The lowest BCUT2D eigenvalue weighted by Crippen LogP contribution is -2.50. The number of aliphatic hydroxyl groups is 1. The Labute approximate surface area is 131 Å². The molecule has 1 heterocycles. The van der Waals surface area contributed by atoms with E-state index in [4.69, 9.17) is 4.74 Å². The van der Waals surface area contributed by atoms with Crippen molar-refractivity contribution in [1.29, 1.82) is 0 Å². The molecular weight excluding hydrogens is 307 g/mol. The predicted molar refractivity (Wildman–Crippen MR) is 80.4 cm³/mol. The smallest absolute Gasteiger partial charge is 0.416 e. The van der Waals surface area contributed by atoms with Crippen LogP contribution in [0.3, 0.4) is 0 Å². The Balaban J connectivity index is 1.82. The summed E-state index contributed by atoms with van der Waals surface area (Å²) in [6.07, 6.45) is -4.93. The molecule has 23 heavy (non-hydrogen) atoms. The largest absolute Gasteiger partial charge is 0.489 e. The summed E-state index contributed by atoms with van der Waals surface area (Å²) in [5, 5.41) is 9.34. The van der Waals surface area contributed by atoms with Crippen LogP contribution in [-0.4, -0.2) is 24.3 Å². The van der Waals surface area contributed by atoms with Crippen LogP contribution in [0.5, 0.6) is 5.75 Å². The molecule has 1 aliphatic heterocycles. The summed E-state index contributed by atoms with van der Waals surface area (Å²) in [5.74, 6) is 0.167. The van der Waals surface area contributed by atoms with Crippen molar-refractivity contribution >= 4 is 5.69 Å². The number of hydrogen-bond donors (Lipinski definition) is 1. The molecule has 2 aromatic carbocycles. The molecule has 0 bridgehead atoms. The number of aliphatic hydroxyl groups excluding tert-OH is 1. The van der Waals surface area contributed by atoms with Crippen LogP contribution < -0.4 is 9.64 Å². The maximum atomic E-state index is 13.0. The molecular formula is C17H16F3NO2. The maximum Gasteiger partial charge on any atom is 0.416 e. The normalized spacial score (nSPS) is 15.4. The first kappa shape index (κ1) is 15.7. The highest BCUT2D eigenvalue weighted by Gasteiger charge is 2.33. The molecule has 0 aliphatic carbocycles. The quantitative estimate of drug-likeness (QED) is 0.935. The molecule has 1 N–H and O–H groups in total. The van der Waals surface area contributed by atoms with Gasteiger partial charge in [-0.3, -0.25) is 0 Å². The van der Waals surface area contributed by atoms with E-state index in [-0.39, 0.29) is 12.4 Å². The zero-order valence-corrected chi connectivity index (χ0v) is 12.3. The summed E-state index contributed by atoms with van der Waals surface area (Å²) in [7, 11) is 0. The predicted octanol–water partition coefficient (Wildman–Crippen LogP) is 3.47. The zero-order chi connectivity index (χ0) is 16.4. The molecule has 3 nitrogen and oxygen atoms in total. The molecule has 1 aliphatic rings.